The third-order valence-electron chi connectivity index (χ3n) is 5.73. The zero-order valence-corrected chi connectivity index (χ0v) is 15.6. The van der Waals surface area contributed by atoms with Crippen molar-refractivity contribution >= 4 is 12.0 Å². The molecule has 0 aliphatic heterocycles. The Hall–Kier alpha value is -1.26. The zero-order valence-electron chi connectivity index (χ0n) is 15.6. The van der Waals surface area contributed by atoms with Crippen LogP contribution in [0, 0.1) is 11.8 Å². The van der Waals surface area contributed by atoms with Gasteiger partial charge < -0.3 is 15.0 Å². The molecule has 2 fully saturated rings. The van der Waals surface area contributed by atoms with Gasteiger partial charge >= 0.3 is 12.0 Å². The molecule has 2 rings (SSSR count). The van der Waals surface area contributed by atoms with Gasteiger partial charge in [0.1, 0.15) is 0 Å². The highest BCUT2D eigenvalue weighted by molar-refractivity contribution is 5.77. The minimum atomic E-state index is -0.291. The third-order valence-corrected chi connectivity index (χ3v) is 5.73. The van der Waals surface area contributed by atoms with Crippen molar-refractivity contribution in [1.29, 1.82) is 0 Å². The molecule has 0 aromatic carbocycles. The number of hydrogen-bond donors (Lipinski definition) is 1. The maximum Gasteiger partial charge on any atom is 0.317 e. The van der Waals surface area contributed by atoms with Crippen molar-refractivity contribution in [2.24, 2.45) is 11.8 Å². The van der Waals surface area contributed by atoms with E-state index in [1.54, 1.807) is 0 Å². The van der Waals surface area contributed by atoms with E-state index in [1.807, 2.05) is 11.8 Å². The van der Waals surface area contributed by atoms with E-state index in [0.29, 0.717) is 18.5 Å². The summed E-state index contributed by atoms with van der Waals surface area (Å²) in [7, 11) is 1.41. The molecule has 0 saturated heterocycles. The van der Waals surface area contributed by atoms with Gasteiger partial charge in [0, 0.05) is 18.6 Å². The molecule has 2 amide bonds. The first-order valence-corrected chi connectivity index (χ1v) is 9.68. The first kappa shape index (κ1) is 19.1. The molecule has 0 heterocycles. The summed E-state index contributed by atoms with van der Waals surface area (Å²) in [4.78, 5) is 26.7. The zero-order chi connectivity index (χ0) is 17.5. The third kappa shape index (κ3) is 5.12. The quantitative estimate of drug-likeness (QED) is 0.777. The van der Waals surface area contributed by atoms with Crippen LogP contribution < -0.4 is 5.32 Å². The SMILES string of the molecule is COC(=O)C(C)CN(C(=O)NC1CCCCC1)C1CCCCC1C. The predicted molar refractivity (Wildman–Crippen MR) is 94.7 cm³/mol. The van der Waals surface area contributed by atoms with Gasteiger partial charge in [-0.15, -0.1) is 0 Å². The van der Waals surface area contributed by atoms with E-state index in [4.69, 9.17) is 4.74 Å². The number of carbonyl (C=O) groups is 2. The Labute approximate surface area is 146 Å². The fourth-order valence-electron chi connectivity index (χ4n) is 4.20. The number of amides is 2. The van der Waals surface area contributed by atoms with Crippen molar-refractivity contribution in [3.05, 3.63) is 0 Å². The highest BCUT2D eigenvalue weighted by atomic mass is 16.5. The standard InChI is InChI=1S/C19H34N2O3/c1-14-9-7-8-12-17(14)21(13-15(2)18(22)24-3)19(23)20-16-10-5-4-6-11-16/h14-17H,4-13H2,1-3H3,(H,20,23). The molecule has 0 spiro atoms. The number of nitrogens with one attached hydrogen (secondary N) is 1. The van der Waals surface area contributed by atoms with Crippen molar-refractivity contribution in [1.82, 2.24) is 10.2 Å². The average molecular weight is 338 g/mol. The number of nitrogens with zero attached hydrogens (tertiary/aromatic N) is 1. The smallest absolute Gasteiger partial charge is 0.317 e. The van der Waals surface area contributed by atoms with Crippen LogP contribution in [0.15, 0.2) is 0 Å². The molecule has 3 unspecified atom stereocenters. The Morgan fingerprint density at radius 2 is 1.71 bits per heavy atom. The molecule has 24 heavy (non-hydrogen) atoms. The van der Waals surface area contributed by atoms with E-state index in [1.165, 1.54) is 32.8 Å². The maximum absolute atomic E-state index is 13.0. The highest BCUT2D eigenvalue weighted by Gasteiger charge is 2.33. The lowest BCUT2D eigenvalue weighted by molar-refractivity contribution is -0.145. The largest absolute Gasteiger partial charge is 0.469 e. The number of methoxy groups -OCH3 is 1. The van der Waals surface area contributed by atoms with Gasteiger partial charge in [0.05, 0.1) is 13.0 Å². The number of urea groups is 1. The molecule has 5 nitrogen and oxygen atoms in total. The Morgan fingerprint density at radius 3 is 2.33 bits per heavy atom. The number of ether oxygens (including phenoxy) is 1. The van der Waals surface area contributed by atoms with Gasteiger partial charge in [0.25, 0.3) is 0 Å². The van der Waals surface area contributed by atoms with Crippen molar-refractivity contribution in [3.8, 4) is 0 Å². The van der Waals surface area contributed by atoms with Crippen LogP contribution in [0.3, 0.4) is 0 Å². The van der Waals surface area contributed by atoms with Crippen LogP contribution >= 0.6 is 0 Å². The van der Waals surface area contributed by atoms with E-state index in [2.05, 4.69) is 12.2 Å². The van der Waals surface area contributed by atoms with Crippen molar-refractivity contribution in [2.75, 3.05) is 13.7 Å². The molecule has 0 bridgehead atoms. The second-order valence-corrected chi connectivity index (χ2v) is 7.69. The van der Waals surface area contributed by atoms with Crippen LogP contribution in [0.2, 0.25) is 0 Å². The average Bonchev–Trinajstić information content (AvgIpc) is 2.60. The van der Waals surface area contributed by atoms with E-state index < -0.39 is 0 Å². The van der Waals surface area contributed by atoms with Gasteiger partial charge in [-0.3, -0.25) is 4.79 Å². The summed E-state index contributed by atoms with van der Waals surface area (Å²) < 4.78 is 4.86. The molecule has 1 N–H and O–H groups in total. The number of esters is 1. The van der Waals surface area contributed by atoms with Crippen LogP contribution in [0.25, 0.3) is 0 Å². The van der Waals surface area contributed by atoms with Crippen LogP contribution in [0.1, 0.15) is 71.6 Å². The second kappa shape index (κ2) is 9.28. The van der Waals surface area contributed by atoms with E-state index in [9.17, 15) is 9.59 Å². The minimum Gasteiger partial charge on any atom is -0.469 e. The molecule has 0 aromatic rings. The fourth-order valence-corrected chi connectivity index (χ4v) is 4.20. The molecule has 2 saturated carbocycles. The molecule has 3 atom stereocenters. The Morgan fingerprint density at radius 1 is 1.08 bits per heavy atom. The molecule has 0 radical (unpaired) electrons. The van der Waals surface area contributed by atoms with E-state index in [-0.39, 0.29) is 24.0 Å². The molecule has 2 aliphatic rings. The van der Waals surface area contributed by atoms with Gasteiger partial charge in [0.15, 0.2) is 0 Å². The number of hydrogen-bond acceptors (Lipinski definition) is 3. The summed E-state index contributed by atoms with van der Waals surface area (Å²) >= 11 is 0. The molecular weight excluding hydrogens is 304 g/mol. The summed E-state index contributed by atoms with van der Waals surface area (Å²) in [5.41, 5.74) is 0. The van der Waals surface area contributed by atoms with Crippen LogP contribution in [-0.4, -0.2) is 42.6 Å². The molecular formula is C19H34N2O3. The second-order valence-electron chi connectivity index (χ2n) is 7.69. The van der Waals surface area contributed by atoms with Crippen molar-refractivity contribution < 1.29 is 14.3 Å². The molecule has 5 heteroatoms. The topological polar surface area (TPSA) is 58.6 Å². The van der Waals surface area contributed by atoms with Gasteiger partial charge in [-0.25, -0.2) is 4.79 Å². The molecule has 0 aromatic heterocycles. The van der Waals surface area contributed by atoms with Crippen LogP contribution in [0.4, 0.5) is 4.79 Å². The van der Waals surface area contributed by atoms with Gasteiger partial charge in [-0.2, -0.15) is 0 Å². The lowest BCUT2D eigenvalue weighted by Crippen LogP contribution is -2.54. The summed E-state index contributed by atoms with van der Waals surface area (Å²) in [5.74, 6) is -0.0455. The van der Waals surface area contributed by atoms with Crippen molar-refractivity contribution in [2.45, 2.75) is 83.7 Å². The van der Waals surface area contributed by atoms with Crippen LogP contribution in [0.5, 0.6) is 0 Å². The first-order chi connectivity index (χ1) is 11.5. The normalized spacial score (nSPS) is 26.5. The highest BCUT2D eigenvalue weighted by Crippen LogP contribution is 2.29. The maximum atomic E-state index is 13.0. The minimum absolute atomic E-state index is 0.0106. The summed E-state index contributed by atoms with van der Waals surface area (Å²) in [5, 5.41) is 3.23. The Kier molecular flexibility index (Phi) is 7.38. The summed E-state index contributed by atoms with van der Waals surface area (Å²) in [6, 6.07) is 0.534. The first-order valence-electron chi connectivity index (χ1n) is 9.68. The van der Waals surface area contributed by atoms with Gasteiger partial charge in [0.2, 0.25) is 0 Å². The van der Waals surface area contributed by atoms with Crippen LogP contribution in [-0.2, 0) is 9.53 Å². The fraction of sp³-hybridized carbons (Fsp3) is 0.895. The van der Waals surface area contributed by atoms with Crippen molar-refractivity contribution in [3.63, 3.8) is 0 Å². The number of rotatable bonds is 5. The Bertz CT molecular complexity index is 421. The lowest BCUT2D eigenvalue weighted by atomic mass is 9.84. The monoisotopic (exact) mass is 338 g/mol. The summed E-state index contributed by atoms with van der Waals surface area (Å²) in [6.07, 6.45) is 10.4. The Balaban J connectivity index is 2.05. The van der Waals surface area contributed by atoms with Gasteiger partial charge in [-0.1, -0.05) is 46.0 Å². The predicted octanol–water partition coefficient (Wildman–Crippen LogP) is 3.72. The molecule has 138 valence electrons. The van der Waals surface area contributed by atoms with Gasteiger partial charge in [-0.05, 0) is 31.6 Å². The van der Waals surface area contributed by atoms with E-state index in [0.717, 1.165) is 32.1 Å². The summed E-state index contributed by atoms with van der Waals surface area (Å²) in [6.45, 7) is 4.52. The molecule has 2 aliphatic carbocycles. The lowest BCUT2D eigenvalue weighted by Gasteiger charge is -2.40. The number of carbonyl (C=O) groups excluding carboxylic acids is 2. The van der Waals surface area contributed by atoms with E-state index >= 15 is 0 Å².